The van der Waals surface area contributed by atoms with Crippen molar-refractivity contribution in [1.29, 1.82) is 0 Å². The van der Waals surface area contributed by atoms with Crippen LogP contribution in [-0.4, -0.2) is 19.5 Å². The normalized spacial score (nSPS) is 17.4. The third-order valence-electron chi connectivity index (χ3n) is 10.8. The molecule has 0 nitrogen and oxygen atoms in total. The molecule has 0 saturated heterocycles. The Hall–Kier alpha value is -3.36. The molecule has 0 unspecified atom stereocenters. The maximum absolute atomic E-state index is 5.89. The van der Waals surface area contributed by atoms with Crippen molar-refractivity contribution in [2.24, 2.45) is 0 Å². The largest absolute Gasteiger partial charge is 0.136 e. The first-order valence-electron chi connectivity index (χ1n) is 16.4. The number of allylic oxidation sites excluding steroid dienone is 2. The molecule has 0 aliphatic heterocycles. The molecular weight excluding hydrogens is 697 g/mol. The summed E-state index contributed by atoms with van der Waals surface area (Å²) in [7, 11) is 0. The summed E-state index contributed by atoms with van der Waals surface area (Å²) in [4.78, 5) is 5.86. The minimum atomic E-state index is 0.0683. The molecule has 0 atom stereocenters. The van der Waals surface area contributed by atoms with E-state index in [1.165, 1.54) is 84.3 Å². The van der Waals surface area contributed by atoms with Gasteiger partial charge in [-0.05, 0) is 94.4 Å². The maximum Gasteiger partial charge on any atom is 0.0543 e. The van der Waals surface area contributed by atoms with E-state index in [-0.39, 0.29) is 5.41 Å². The second-order valence-electron chi connectivity index (χ2n) is 13.3. The number of thiocarbonyl (C=S) groups is 4. The number of hydrogen-bond acceptors (Lipinski definition) is 6. The first kappa shape index (κ1) is 29.5. The van der Waals surface area contributed by atoms with Crippen LogP contribution in [0, 0.1) is 0 Å². The third kappa shape index (κ3) is 4.20. The van der Waals surface area contributed by atoms with Gasteiger partial charge in [0.1, 0.15) is 0 Å². The van der Waals surface area contributed by atoms with Crippen LogP contribution in [0.15, 0.2) is 96.1 Å². The predicted molar refractivity (Wildman–Crippen MR) is 222 cm³/mol. The van der Waals surface area contributed by atoms with E-state index < -0.39 is 0 Å². The maximum atomic E-state index is 5.89. The highest BCUT2D eigenvalue weighted by Crippen LogP contribution is 2.58. The number of thiophene rings is 2. The van der Waals surface area contributed by atoms with Crippen LogP contribution in [0.1, 0.15) is 75.2 Å². The van der Waals surface area contributed by atoms with Gasteiger partial charge in [-0.1, -0.05) is 117 Å². The smallest absolute Gasteiger partial charge is 0.0543 e. The van der Waals surface area contributed by atoms with E-state index in [1.807, 2.05) is 46.9 Å². The summed E-state index contributed by atoms with van der Waals surface area (Å²) < 4.78 is 2.62. The molecule has 0 N–H and O–H groups in total. The van der Waals surface area contributed by atoms with Gasteiger partial charge in [-0.25, -0.2) is 0 Å². The Labute approximate surface area is 308 Å². The van der Waals surface area contributed by atoms with Crippen LogP contribution in [0.5, 0.6) is 0 Å². The molecule has 0 bridgehead atoms. The Balaban J connectivity index is 1.08. The molecule has 4 aliphatic rings. The van der Waals surface area contributed by atoms with Gasteiger partial charge in [0.05, 0.1) is 19.5 Å². The summed E-state index contributed by atoms with van der Waals surface area (Å²) in [6.45, 7) is 0. The number of rotatable bonds is 2. The fourth-order valence-corrected chi connectivity index (χ4v) is 12.1. The Morgan fingerprint density at radius 2 is 0.875 bits per heavy atom. The van der Waals surface area contributed by atoms with E-state index in [0.29, 0.717) is 0 Å². The van der Waals surface area contributed by atoms with Crippen molar-refractivity contribution >= 4 is 123 Å². The zero-order chi connectivity index (χ0) is 32.3. The SMILES string of the molecule is S=C1C(=Cc2cc3cc4c(cc3s2)-c2cc3sc(C=C5C(=S)c6ccccc6C5=S)cc3cc2C42CCCCC2)C(=S)c2ccccc21. The minimum absolute atomic E-state index is 0.0683. The van der Waals surface area contributed by atoms with Crippen molar-refractivity contribution in [3.05, 3.63) is 139 Å². The molecule has 4 aromatic carbocycles. The van der Waals surface area contributed by atoms with Crippen molar-refractivity contribution in [2.45, 2.75) is 37.5 Å². The standard InChI is InChI=1S/C42H26S6/c43-38-26-8-2-3-9-27(26)39(44)32(38)18-24-14-22-16-34-30(20-36(22)47-24)31-21-37-23(17-35(31)42(34)12-6-1-7-13-42)15-25(48-37)19-33-40(45)28-10-4-5-11-29(28)41(33)46/h2-5,8-11,14-21H,1,6-7,12-13H2. The molecule has 4 aliphatic carbocycles. The average Bonchev–Trinajstić information content (AvgIpc) is 3.87. The second-order valence-corrected chi connectivity index (χ2v) is 17.2. The van der Waals surface area contributed by atoms with Crippen molar-refractivity contribution < 1.29 is 0 Å². The van der Waals surface area contributed by atoms with E-state index >= 15 is 0 Å². The number of benzene rings is 4. The summed E-state index contributed by atoms with van der Waals surface area (Å²) in [5.74, 6) is 0. The van der Waals surface area contributed by atoms with Crippen LogP contribution in [0.3, 0.4) is 0 Å². The zero-order valence-corrected chi connectivity index (χ0v) is 30.6. The zero-order valence-electron chi connectivity index (χ0n) is 25.7. The summed E-state index contributed by atoms with van der Waals surface area (Å²) >= 11 is 27.2. The van der Waals surface area contributed by atoms with Crippen molar-refractivity contribution in [1.82, 2.24) is 0 Å². The molecular formula is C42H26S6. The van der Waals surface area contributed by atoms with E-state index in [4.69, 9.17) is 48.9 Å². The van der Waals surface area contributed by atoms with E-state index in [9.17, 15) is 0 Å². The van der Waals surface area contributed by atoms with E-state index in [2.05, 4.69) is 72.8 Å². The highest BCUT2D eigenvalue weighted by molar-refractivity contribution is 7.84. The van der Waals surface area contributed by atoms with Crippen molar-refractivity contribution in [3.63, 3.8) is 0 Å². The van der Waals surface area contributed by atoms with Gasteiger partial charge in [0.2, 0.25) is 0 Å². The molecule has 0 amide bonds. The number of fused-ring (bicyclic) bond motifs is 9. The molecule has 10 rings (SSSR count). The fraction of sp³-hybridized carbons (Fsp3) is 0.143. The summed E-state index contributed by atoms with van der Waals surface area (Å²) in [6.07, 6.45) is 10.7. The van der Waals surface area contributed by atoms with Gasteiger partial charge in [0.25, 0.3) is 0 Å². The first-order chi connectivity index (χ1) is 23.4. The summed E-state index contributed by atoms with van der Waals surface area (Å²) in [6, 6.07) is 31.1. The molecule has 1 spiro atoms. The molecule has 2 aromatic heterocycles. The molecule has 1 saturated carbocycles. The lowest BCUT2D eigenvalue weighted by atomic mass is 9.67. The lowest BCUT2D eigenvalue weighted by Crippen LogP contribution is -2.28. The third-order valence-corrected chi connectivity index (χ3v) is 14.6. The van der Waals surface area contributed by atoms with Gasteiger partial charge >= 0.3 is 0 Å². The molecule has 1 fully saturated rings. The van der Waals surface area contributed by atoms with Crippen LogP contribution >= 0.6 is 71.5 Å². The lowest BCUT2D eigenvalue weighted by Gasteiger charge is -2.36. The van der Waals surface area contributed by atoms with Gasteiger partial charge in [0, 0.05) is 58.0 Å². The summed E-state index contributed by atoms with van der Waals surface area (Å²) in [5, 5.41) is 2.63. The van der Waals surface area contributed by atoms with Gasteiger partial charge in [-0.15, -0.1) is 22.7 Å². The highest BCUT2D eigenvalue weighted by atomic mass is 32.1. The van der Waals surface area contributed by atoms with Gasteiger partial charge in [-0.3, -0.25) is 0 Å². The lowest BCUT2D eigenvalue weighted by molar-refractivity contribution is 0.353. The predicted octanol–water partition coefficient (Wildman–Crippen LogP) is 12.4. The number of hydrogen-bond donors (Lipinski definition) is 0. The highest BCUT2D eigenvalue weighted by Gasteiger charge is 2.44. The van der Waals surface area contributed by atoms with Crippen molar-refractivity contribution in [2.75, 3.05) is 0 Å². The van der Waals surface area contributed by atoms with Crippen LogP contribution in [0.4, 0.5) is 0 Å². The molecule has 48 heavy (non-hydrogen) atoms. The Morgan fingerprint density at radius 1 is 0.479 bits per heavy atom. The van der Waals surface area contributed by atoms with Crippen LogP contribution in [0.25, 0.3) is 43.5 Å². The molecule has 2 heterocycles. The average molecular weight is 723 g/mol. The fourth-order valence-electron chi connectivity index (χ4n) is 8.53. The van der Waals surface area contributed by atoms with E-state index in [0.717, 1.165) is 52.9 Å². The van der Waals surface area contributed by atoms with Crippen molar-refractivity contribution in [3.8, 4) is 11.1 Å². The molecule has 230 valence electrons. The molecule has 6 heteroatoms. The first-order valence-corrected chi connectivity index (χ1v) is 19.6. The van der Waals surface area contributed by atoms with Crippen LogP contribution in [0.2, 0.25) is 0 Å². The minimum Gasteiger partial charge on any atom is -0.136 e. The molecule has 6 aromatic rings. The second kappa shape index (κ2) is 10.8. The summed E-state index contributed by atoms with van der Waals surface area (Å²) in [5.41, 5.74) is 12.2. The van der Waals surface area contributed by atoms with E-state index in [1.54, 1.807) is 0 Å². The molecule has 0 radical (unpaired) electrons. The topological polar surface area (TPSA) is 0 Å². The van der Waals surface area contributed by atoms with Crippen LogP contribution < -0.4 is 0 Å². The quantitative estimate of drug-likeness (QED) is 0.129. The van der Waals surface area contributed by atoms with Gasteiger partial charge in [0.15, 0.2) is 0 Å². The monoisotopic (exact) mass is 722 g/mol. The van der Waals surface area contributed by atoms with Gasteiger partial charge in [-0.2, -0.15) is 0 Å². The Morgan fingerprint density at radius 3 is 1.27 bits per heavy atom. The Kier molecular flexibility index (Phi) is 6.66. The van der Waals surface area contributed by atoms with Crippen LogP contribution in [-0.2, 0) is 5.41 Å². The Bertz CT molecular complexity index is 2310. The van der Waals surface area contributed by atoms with Gasteiger partial charge < -0.3 is 0 Å².